The first-order chi connectivity index (χ1) is 19.5. The fraction of sp³-hybridized carbons (Fsp3) is 0.586. The Labute approximate surface area is 245 Å². The van der Waals surface area contributed by atoms with Gasteiger partial charge in [-0.25, -0.2) is 14.4 Å². The van der Waals surface area contributed by atoms with E-state index in [9.17, 15) is 24.4 Å². The number of benzene rings is 1. The van der Waals surface area contributed by atoms with Crippen molar-refractivity contribution >= 4 is 35.8 Å². The number of amides is 4. The molecular weight excluding hydrogens is 544 g/mol. The molecule has 3 aliphatic rings. The minimum absolute atomic E-state index is 0.00857. The lowest BCUT2D eigenvalue weighted by atomic mass is 9.91. The Hall–Kier alpha value is -4.34. The highest BCUT2D eigenvalue weighted by Gasteiger charge is 2.70. The first kappa shape index (κ1) is 30.6. The predicted molar refractivity (Wildman–Crippen MR) is 152 cm³/mol. The van der Waals surface area contributed by atoms with Gasteiger partial charge in [0.15, 0.2) is 0 Å². The number of likely N-dealkylation sites (tertiary alicyclic amines) is 1. The number of nitriles is 1. The van der Waals surface area contributed by atoms with Crippen LogP contribution in [0.15, 0.2) is 29.3 Å². The molecule has 42 heavy (non-hydrogen) atoms. The van der Waals surface area contributed by atoms with Crippen LogP contribution in [0, 0.1) is 23.2 Å². The summed E-state index contributed by atoms with van der Waals surface area (Å²) in [6.45, 7) is 13.0. The second-order valence-corrected chi connectivity index (χ2v) is 12.7. The molecule has 4 atom stereocenters. The number of anilines is 1. The Morgan fingerprint density at radius 2 is 1.64 bits per heavy atom. The van der Waals surface area contributed by atoms with Gasteiger partial charge in [0, 0.05) is 37.5 Å². The van der Waals surface area contributed by atoms with Gasteiger partial charge in [-0.3, -0.25) is 15.0 Å². The van der Waals surface area contributed by atoms with E-state index in [1.54, 1.807) is 58.6 Å². The number of nitrogens with zero attached hydrogens (tertiary/aromatic N) is 4. The van der Waals surface area contributed by atoms with Crippen molar-refractivity contribution in [2.75, 3.05) is 31.1 Å². The van der Waals surface area contributed by atoms with Crippen molar-refractivity contribution in [1.29, 1.82) is 5.26 Å². The van der Waals surface area contributed by atoms with Crippen LogP contribution in [0.2, 0.25) is 0 Å². The quantitative estimate of drug-likeness (QED) is 0.308. The van der Waals surface area contributed by atoms with E-state index < -0.39 is 41.0 Å². The average Bonchev–Trinajstić information content (AvgIpc) is 3.14. The third-order valence-corrected chi connectivity index (χ3v) is 7.18. The number of aliphatic imine (C=N–C) groups is 1. The topological polar surface area (TPSA) is 163 Å². The number of guanidine groups is 1. The summed E-state index contributed by atoms with van der Waals surface area (Å²) in [4.78, 5) is 55.9. The summed E-state index contributed by atoms with van der Waals surface area (Å²) >= 11 is 0. The molecule has 226 valence electrons. The van der Waals surface area contributed by atoms with Gasteiger partial charge in [-0.05, 0) is 59.2 Å². The summed E-state index contributed by atoms with van der Waals surface area (Å²) < 4.78 is 16.0. The zero-order chi connectivity index (χ0) is 31.0. The van der Waals surface area contributed by atoms with Crippen LogP contribution in [-0.4, -0.2) is 78.5 Å². The van der Waals surface area contributed by atoms with Crippen LogP contribution in [0.1, 0.15) is 54.0 Å². The number of carbonyl (C=O) groups excluding carboxylic acids is 4. The fourth-order valence-corrected chi connectivity index (χ4v) is 5.42. The van der Waals surface area contributed by atoms with Crippen LogP contribution >= 0.6 is 0 Å². The Morgan fingerprint density at radius 3 is 2.17 bits per heavy atom. The Balaban J connectivity index is 1.46. The fourth-order valence-electron chi connectivity index (χ4n) is 5.42. The molecule has 1 aliphatic carbocycles. The van der Waals surface area contributed by atoms with E-state index in [1.165, 1.54) is 11.8 Å². The molecular formula is C29H38N6O7. The van der Waals surface area contributed by atoms with Crippen molar-refractivity contribution < 1.29 is 33.4 Å². The number of hydrogen-bond donors (Lipinski definition) is 2. The van der Waals surface area contributed by atoms with Gasteiger partial charge < -0.3 is 24.4 Å². The van der Waals surface area contributed by atoms with Crippen molar-refractivity contribution in [2.24, 2.45) is 16.8 Å². The molecule has 0 aromatic heterocycles. The smallest absolute Gasteiger partial charge is 0.437 e. The van der Waals surface area contributed by atoms with Gasteiger partial charge in [0.1, 0.15) is 17.3 Å². The molecule has 13 heteroatoms. The number of ether oxygens (including phenoxy) is 3. The van der Waals surface area contributed by atoms with Crippen LogP contribution in [0.25, 0.3) is 0 Å². The molecule has 1 unspecified atom stereocenters. The lowest BCUT2D eigenvalue weighted by molar-refractivity contribution is -0.119. The highest BCUT2D eigenvalue weighted by molar-refractivity contribution is 5.99. The molecule has 0 bridgehead atoms. The number of nitrogens with one attached hydrogen (secondary N) is 2. The molecule has 0 spiro atoms. The molecule has 0 radical (unpaired) electrons. The zero-order valence-corrected chi connectivity index (χ0v) is 25.0. The molecule has 2 saturated heterocycles. The molecule has 1 saturated carbocycles. The number of piperidine rings is 1. The largest absolute Gasteiger partial charge is 0.444 e. The van der Waals surface area contributed by atoms with Gasteiger partial charge in [-0.1, -0.05) is 12.1 Å². The molecule has 2 N–H and O–H groups in total. The second-order valence-electron chi connectivity index (χ2n) is 12.7. The predicted octanol–water partition coefficient (Wildman–Crippen LogP) is 3.29. The number of alkyl carbamates (subject to hydrolysis) is 1. The summed E-state index contributed by atoms with van der Waals surface area (Å²) in [6, 6.07) is 9.72. The van der Waals surface area contributed by atoms with Gasteiger partial charge in [0.05, 0.1) is 24.6 Å². The Morgan fingerprint density at radius 1 is 1.05 bits per heavy atom. The average molecular weight is 583 g/mol. The summed E-state index contributed by atoms with van der Waals surface area (Å²) in [5.41, 5.74) is -0.837. The standard InChI is InChI=1S/C29H38N6O7/c1-17(36)31-12-20-13-35(26(39)40-20)19-10-8-18(9-11-19)29(16-30)21-14-34(15-22(21)29)23(32-24(37)41-27(2,3)4)33-25(38)42-28(5,6)7/h8-11,20-22H,12-15H2,1-7H3,(H,31,36)(H,32,33,37,38)/t20-,21-,22+,29?/m0/s1. The van der Waals surface area contributed by atoms with Gasteiger partial charge in [-0.2, -0.15) is 5.26 Å². The lowest BCUT2D eigenvalue weighted by Crippen LogP contribution is -2.47. The maximum absolute atomic E-state index is 12.5. The zero-order valence-electron chi connectivity index (χ0n) is 25.0. The van der Waals surface area contributed by atoms with Crippen LogP contribution in [0.3, 0.4) is 0 Å². The molecule has 3 fully saturated rings. The molecule has 1 aromatic rings. The maximum atomic E-state index is 12.5. The number of rotatable bonds is 4. The Bertz CT molecular complexity index is 1310. The summed E-state index contributed by atoms with van der Waals surface area (Å²) in [5.74, 6) is -0.338. The van der Waals surface area contributed by atoms with Gasteiger partial charge in [0.2, 0.25) is 11.9 Å². The van der Waals surface area contributed by atoms with Crippen molar-refractivity contribution in [3.05, 3.63) is 29.8 Å². The highest BCUT2D eigenvalue weighted by Crippen LogP contribution is 2.63. The second kappa shape index (κ2) is 11.2. The van der Waals surface area contributed by atoms with E-state index in [1.807, 2.05) is 12.1 Å². The van der Waals surface area contributed by atoms with Crippen molar-refractivity contribution in [1.82, 2.24) is 15.5 Å². The highest BCUT2D eigenvalue weighted by atomic mass is 16.6. The van der Waals surface area contributed by atoms with E-state index in [-0.39, 0.29) is 30.2 Å². The molecule has 4 rings (SSSR count). The van der Waals surface area contributed by atoms with Crippen LogP contribution < -0.4 is 15.5 Å². The van der Waals surface area contributed by atoms with E-state index in [0.717, 1.165) is 5.56 Å². The first-order valence-corrected chi connectivity index (χ1v) is 13.8. The Kier molecular flexibility index (Phi) is 8.13. The monoisotopic (exact) mass is 582 g/mol. The molecule has 2 aliphatic heterocycles. The first-order valence-electron chi connectivity index (χ1n) is 13.8. The minimum atomic E-state index is -0.851. The van der Waals surface area contributed by atoms with E-state index in [2.05, 4.69) is 21.7 Å². The SMILES string of the molecule is CC(=O)NC[C@H]1CN(c2ccc(C3(C#N)[C@@H]4CN(/C(=N\C(=O)OC(C)(C)C)NC(=O)OC(C)(C)C)C[C@@H]43)cc2)C(=O)O1. The number of fused-ring (bicyclic) bond motifs is 1. The van der Waals surface area contributed by atoms with Crippen molar-refractivity contribution in [3.63, 3.8) is 0 Å². The van der Waals surface area contributed by atoms with Gasteiger partial charge >= 0.3 is 18.3 Å². The van der Waals surface area contributed by atoms with Crippen LogP contribution in [0.4, 0.5) is 20.1 Å². The molecule has 4 amide bonds. The van der Waals surface area contributed by atoms with Crippen molar-refractivity contribution in [2.45, 2.75) is 71.2 Å². The summed E-state index contributed by atoms with van der Waals surface area (Å²) in [5, 5.41) is 15.5. The van der Waals surface area contributed by atoms with Gasteiger partial charge in [-0.15, -0.1) is 4.99 Å². The number of cyclic esters (lactones) is 1. The van der Waals surface area contributed by atoms with E-state index >= 15 is 0 Å². The normalized spacial score (nSPS) is 25.2. The minimum Gasteiger partial charge on any atom is -0.444 e. The maximum Gasteiger partial charge on any atom is 0.437 e. The van der Waals surface area contributed by atoms with Crippen molar-refractivity contribution in [3.8, 4) is 6.07 Å². The van der Waals surface area contributed by atoms with E-state index in [4.69, 9.17) is 14.2 Å². The van der Waals surface area contributed by atoms with E-state index in [0.29, 0.717) is 25.3 Å². The molecule has 13 nitrogen and oxygen atoms in total. The number of carbonyl (C=O) groups is 4. The summed E-state index contributed by atoms with van der Waals surface area (Å²) in [6.07, 6.45) is -2.56. The number of hydrogen-bond acceptors (Lipinski definition) is 8. The van der Waals surface area contributed by atoms with Crippen LogP contribution in [-0.2, 0) is 24.4 Å². The van der Waals surface area contributed by atoms with Crippen LogP contribution in [0.5, 0.6) is 0 Å². The molecule has 2 heterocycles. The lowest BCUT2D eigenvalue weighted by Gasteiger charge is -2.27. The molecule has 1 aromatic carbocycles. The van der Waals surface area contributed by atoms with Gasteiger partial charge in [0.25, 0.3) is 0 Å². The summed E-state index contributed by atoms with van der Waals surface area (Å²) in [7, 11) is 0. The third kappa shape index (κ3) is 6.75. The third-order valence-electron chi connectivity index (χ3n) is 7.18.